The Morgan fingerprint density at radius 3 is 2.21 bits per heavy atom. The summed E-state index contributed by atoms with van der Waals surface area (Å²) in [5.41, 5.74) is 1.87. The minimum Gasteiger partial charge on any atom is -0.487 e. The van der Waals surface area contributed by atoms with Crippen LogP contribution in [0.4, 0.5) is 22.0 Å². The van der Waals surface area contributed by atoms with E-state index < -0.39 is 75.4 Å². The van der Waals surface area contributed by atoms with Crippen molar-refractivity contribution in [3.05, 3.63) is 122 Å². The van der Waals surface area contributed by atoms with E-state index in [0.29, 0.717) is 16.2 Å². The zero-order chi connectivity index (χ0) is 35.0. The summed E-state index contributed by atoms with van der Waals surface area (Å²) in [5, 5.41) is 0. The van der Waals surface area contributed by atoms with Crippen LogP contribution >= 0.6 is 0 Å². The number of nitrogens with two attached hydrogens (primary N) is 1. The van der Waals surface area contributed by atoms with Gasteiger partial charge in [-0.3, -0.25) is 13.9 Å². The first kappa shape index (κ1) is 35.0. The van der Waals surface area contributed by atoms with Gasteiger partial charge < -0.3 is 10.5 Å². The SMILES string of the molecule is Cc1c(-c2cccc(OC3CCN(S(C)(=O)=O)CC3)c2F)c(=O)n(CC(N)c2ccccc2)c(=O)n1Cc1c(F)cccc1C(F)(F)F. The average Bonchev–Trinajstić information content (AvgIpc) is 3.03. The number of rotatable bonds is 9. The maximum atomic E-state index is 16.2. The van der Waals surface area contributed by atoms with Crippen molar-refractivity contribution in [2.24, 2.45) is 5.73 Å². The van der Waals surface area contributed by atoms with Crippen LogP contribution in [0.25, 0.3) is 11.1 Å². The van der Waals surface area contributed by atoms with Crippen molar-refractivity contribution in [1.29, 1.82) is 0 Å². The highest BCUT2D eigenvalue weighted by Gasteiger charge is 2.35. The summed E-state index contributed by atoms with van der Waals surface area (Å²) in [7, 11) is -3.41. The zero-order valence-corrected chi connectivity index (χ0v) is 26.8. The number of nitrogens with zero attached hydrogens (tertiary/aromatic N) is 3. The Morgan fingerprint density at radius 2 is 1.58 bits per heavy atom. The summed E-state index contributed by atoms with van der Waals surface area (Å²) in [6.45, 7) is 0.252. The Balaban J connectivity index is 1.63. The number of ether oxygens (including phenoxy) is 1. The number of hydrogen-bond donors (Lipinski definition) is 1. The van der Waals surface area contributed by atoms with E-state index in [9.17, 15) is 35.6 Å². The molecule has 0 aliphatic carbocycles. The Kier molecular flexibility index (Phi) is 9.94. The second-order valence-corrected chi connectivity index (χ2v) is 13.6. The van der Waals surface area contributed by atoms with Gasteiger partial charge in [-0.05, 0) is 43.5 Å². The summed E-state index contributed by atoms with van der Waals surface area (Å²) < 4.78 is 105. The summed E-state index contributed by atoms with van der Waals surface area (Å²) in [4.78, 5) is 27.9. The first-order valence-corrected chi connectivity index (χ1v) is 16.8. The first-order chi connectivity index (χ1) is 22.6. The van der Waals surface area contributed by atoms with Crippen LogP contribution in [0, 0.1) is 18.6 Å². The Hall–Kier alpha value is -4.34. The van der Waals surface area contributed by atoms with Crippen LogP contribution < -0.4 is 21.7 Å². The molecule has 1 saturated heterocycles. The normalized spacial score (nSPS) is 15.4. The third-order valence-electron chi connectivity index (χ3n) is 8.43. The molecule has 0 bridgehead atoms. The van der Waals surface area contributed by atoms with Crippen LogP contribution in [0.1, 0.15) is 41.3 Å². The van der Waals surface area contributed by atoms with Crippen molar-refractivity contribution in [2.45, 2.75) is 51.2 Å². The van der Waals surface area contributed by atoms with E-state index in [1.165, 1.54) is 29.4 Å². The van der Waals surface area contributed by atoms with E-state index in [2.05, 4.69) is 0 Å². The predicted molar refractivity (Wildman–Crippen MR) is 169 cm³/mol. The maximum Gasteiger partial charge on any atom is 0.416 e. The minimum absolute atomic E-state index is 0.164. The van der Waals surface area contributed by atoms with Crippen LogP contribution in [0.5, 0.6) is 5.75 Å². The van der Waals surface area contributed by atoms with Crippen molar-refractivity contribution in [2.75, 3.05) is 19.3 Å². The molecule has 0 spiro atoms. The molecule has 1 atom stereocenters. The number of hydrogen-bond acceptors (Lipinski definition) is 6. The van der Waals surface area contributed by atoms with Gasteiger partial charge in [0.15, 0.2) is 11.6 Å². The monoisotopic (exact) mass is 692 g/mol. The number of benzene rings is 3. The molecule has 2 N–H and O–H groups in total. The van der Waals surface area contributed by atoms with Crippen molar-refractivity contribution in [1.82, 2.24) is 13.4 Å². The van der Waals surface area contributed by atoms with Crippen LogP contribution in [0.2, 0.25) is 0 Å². The lowest BCUT2D eigenvalue weighted by atomic mass is 10.0. The van der Waals surface area contributed by atoms with Crippen LogP contribution in [0.15, 0.2) is 76.3 Å². The number of aromatic nitrogens is 2. The number of piperidine rings is 1. The number of sulfonamides is 1. The van der Waals surface area contributed by atoms with Crippen molar-refractivity contribution in [3.8, 4) is 16.9 Å². The van der Waals surface area contributed by atoms with Gasteiger partial charge in [0.05, 0.1) is 30.5 Å². The molecule has 48 heavy (non-hydrogen) atoms. The molecule has 1 unspecified atom stereocenters. The van der Waals surface area contributed by atoms with Gasteiger partial charge in [0.2, 0.25) is 10.0 Å². The Labute approximate surface area is 273 Å². The van der Waals surface area contributed by atoms with Gasteiger partial charge in [-0.15, -0.1) is 0 Å². The smallest absolute Gasteiger partial charge is 0.416 e. The standard InChI is InChI=1S/C33H33F5N4O5S/c1-20-29(23-10-6-13-28(30(23)35)47-22-14-16-40(17-15-22)48(2,45)46)31(43)42(19-27(39)21-8-4-3-5-9-21)32(44)41(20)18-24-25(33(36,37)38)11-7-12-26(24)34/h3-13,22,27H,14-19,39H2,1-2H3. The predicted octanol–water partition coefficient (Wildman–Crippen LogP) is 4.83. The molecule has 0 amide bonds. The molecule has 4 aromatic rings. The van der Waals surface area contributed by atoms with E-state index in [1.54, 1.807) is 30.3 Å². The van der Waals surface area contributed by atoms with Gasteiger partial charge in [-0.1, -0.05) is 48.5 Å². The van der Waals surface area contributed by atoms with Gasteiger partial charge >= 0.3 is 11.9 Å². The molecule has 5 rings (SSSR count). The molecule has 1 fully saturated rings. The fourth-order valence-corrected chi connectivity index (χ4v) is 6.73. The van der Waals surface area contributed by atoms with Crippen molar-refractivity contribution in [3.63, 3.8) is 0 Å². The highest BCUT2D eigenvalue weighted by Crippen LogP contribution is 2.35. The van der Waals surface area contributed by atoms with E-state index in [1.807, 2.05) is 0 Å². The van der Waals surface area contributed by atoms with Gasteiger partial charge in [0, 0.05) is 36.0 Å². The van der Waals surface area contributed by atoms with Crippen molar-refractivity contribution >= 4 is 10.0 Å². The lowest BCUT2D eigenvalue weighted by molar-refractivity contribution is -0.138. The lowest BCUT2D eigenvalue weighted by Gasteiger charge is -2.30. The molecule has 9 nitrogen and oxygen atoms in total. The minimum atomic E-state index is -4.96. The molecule has 3 aromatic carbocycles. The summed E-state index contributed by atoms with van der Waals surface area (Å²) >= 11 is 0. The summed E-state index contributed by atoms with van der Waals surface area (Å²) in [5.74, 6) is -2.45. The summed E-state index contributed by atoms with van der Waals surface area (Å²) in [6.07, 6.45) is -3.87. The molecule has 0 radical (unpaired) electrons. The first-order valence-electron chi connectivity index (χ1n) is 15.0. The lowest BCUT2D eigenvalue weighted by Crippen LogP contribution is -2.44. The van der Waals surface area contributed by atoms with E-state index in [4.69, 9.17) is 10.5 Å². The molecule has 1 aromatic heterocycles. The number of alkyl halides is 3. The molecule has 0 saturated carbocycles. The largest absolute Gasteiger partial charge is 0.487 e. The van der Waals surface area contributed by atoms with Crippen LogP contribution in [0.3, 0.4) is 0 Å². The third kappa shape index (κ3) is 7.22. The molecule has 1 aliphatic heterocycles. The van der Waals surface area contributed by atoms with Crippen LogP contribution in [-0.2, 0) is 29.3 Å². The Morgan fingerprint density at radius 1 is 0.938 bits per heavy atom. The fourth-order valence-electron chi connectivity index (χ4n) is 5.86. The topological polar surface area (TPSA) is 117 Å². The highest BCUT2D eigenvalue weighted by atomic mass is 32.2. The molecular formula is C33H33F5N4O5S. The van der Waals surface area contributed by atoms with E-state index in [0.717, 1.165) is 23.0 Å². The molecule has 15 heteroatoms. The second-order valence-electron chi connectivity index (χ2n) is 11.6. The second kappa shape index (κ2) is 13.6. The molecule has 1 aliphatic rings. The van der Waals surface area contributed by atoms with Gasteiger partial charge in [-0.2, -0.15) is 13.2 Å². The summed E-state index contributed by atoms with van der Waals surface area (Å²) in [6, 6.07) is 13.9. The molecule has 2 heterocycles. The fraction of sp³-hybridized carbons (Fsp3) is 0.333. The van der Waals surface area contributed by atoms with Crippen molar-refractivity contribution < 1.29 is 35.1 Å². The van der Waals surface area contributed by atoms with Gasteiger partial charge in [0.1, 0.15) is 11.9 Å². The Bertz CT molecular complexity index is 2040. The van der Waals surface area contributed by atoms with E-state index >= 15 is 4.39 Å². The highest BCUT2D eigenvalue weighted by molar-refractivity contribution is 7.88. The number of halogens is 5. The molecule has 256 valence electrons. The van der Waals surface area contributed by atoms with E-state index in [-0.39, 0.29) is 48.5 Å². The van der Waals surface area contributed by atoms with Crippen LogP contribution in [-0.4, -0.2) is 47.3 Å². The zero-order valence-electron chi connectivity index (χ0n) is 26.0. The van der Waals surface area contributed by atoms with Gasteiger partial charge in [0.25, 0.3) is 5.56 Å². The molecular weight excluding hydrogens is 659 g/mol. The van der Waals surface area contributed by atoms with Gasteiger partial charge in [-0.25, -0.2) is 26.3 Å². The quantitative estimate of drug-likeness (QED) is 0.251. The third-order valence-corrected chi connectivity index (χ3v) is 9.73. The average molecular weight is 693 g/mol. The maximum absolute atomic E-state index is 16.2.